The zero-order chi connectivity index (χ0) is 19.3. The Morgan fingerprint density at radius 3 is 2.77 bits per heavy atom. The Morgan fingerprint density at radius 2 is 2.15 bits per heavy atom. The average molecular weight is 403 g/mol. The Hall–Kier alpha value is -1.31. The molecule has 2 rings (SSSR count). The van der Waals surface area contributed by atoms with Crippen molar-refractivity contribution in [3.05, 3.63) is 23.2 Å². The van der Waals surface area contributed by atoms with E-state index in [-0.39, 0.29) is 34.3 Å². The van der Waals surface area contributed by atoms with Gasteiger partial charge in [0, 0.05) is 19.1 Å². The number of hydrogen-bond acceptors (Lipinski definition) is 4. The number of carbonyl (C=O) groups is 1. The lowest BCUT2D eigenvalue weighted by Crippen LogP contribution is -2.46. The minimum Gasteiger partial charge on any atom is -0.492 e. The highest BCUT2D eigenvalue weighted by Gasteiger charge is 2.33. The summed E-state index contributed by atoms with van der Waals surface area (Å²) in [4.78, 5) is 12.5. The van der Waals surface area contributed by atoms with Gasteiger partial charge < -0.3 is 10.1 Å². The van der Waals surface area contributed by atoms with Gasteiger partial charge in [0.2, 0.25) is 15.9 Å². The molecule has 26 heavy (non-hydrogen) atoms. The molecule has 0 bridgehead atoms. The second-order valence-electron chi connectivity index (χ2n) is 6.55. The van der Waals surface area contributed by atoms with Gasteiger partial charge in [0.25, 0.3) is 0 Å². The third-order valence-corrected chi connectivity index (χ3v) is 6.75. The van der Waals surface area contributed by atoms with E-state index in [0.29, 0.717) is 31.7 Å². The van der Waals surface area contributed by atoms with Crippen LogP contribution >= 0.6 is 11.6 Å². The fourth-order valence-corrected chi connectivity index (χ4v) is 4.75. The van der Waals surface area contributed by atoms with Crippen LogP contribution in [0.5, 0.6) is 5.75 Å². The van der Waals surface area contributed by atoms with Crippen LogP contribution in [-0.2, 0) is 14.8 Å². The number of benzene rings is 1. The molecule has 146 valence electrons. The summed E-state index contributed by atoms with van der Waals surface area (Å²) in [7, 11) is -3.70. The maximum atomic E-state index is 12.9. The van der Waals surface area contributed by atoms with Gasteiger partial charge in [-0.15, -0.1) is 0 Å². The van der Waals surface area contributed by atoms with Crippen LogP contribution in [0.4, 0.5) is 0 Å². The lowest BCUT2D eigenvalue weighted by molar-refractivity contribution is -0.126. The van der Waals surface area contributed by atoms with Crippen molar-refractivity contribution in [2.75, 3.05) is 19.7 Å². The second kappa shape index (κ2) is 9.06. The van der Waals surface area contributed by atoms with Gasteiger partial charge in [-0.1, -0.05) is 18.5 Å². The number of piperidine rings is 1. The summed E-state index contributed by atoms with van der Waals surface area (Å²) in [6, 6.07) is 4.55. The number of sulfonamides is 1. The normalized spacial score (nSPS) is 19.8. The monoisotopic (exact) mass is 402 g/mol. The molecule has 1 fully saturated rings. The summed E-state index contributed by atoms with van der Waals surface area (Å²) in [5.41, 5.74) is 0. The topological polar surface area (TPSA) is 75.7 Å². The van der Waals surface area contributed by atoms with E-state index in [2.05, 4.69) is 5.32 Å². The van der Waals surface area contributed by atoms with Gasteiger partial charge in [-0.05, 0) is 51.3 Å². The quantitative estimate of drug-likeness (QED) is 0.760. The van der Waals surface area contributed by atoms with Crippen LogP contribution < -0.4 is 10.1 Å². The van der Waals surface area contributed by atoms with E-state index in [1.807, 2.05) is 20.8 Å². The minimum absolute atomic E-state index is 0.0797. The van der Waals surface area contributed by atoms with Crippen LogP contribution in [0.3, 0.4) is 0 Å². The molecule has 1 N–H and O–H groups in total. The molecule has 1 amide bonds. The van der Waals surface area contributed by atoms with Crippen LogP contribution in [0.2, 0.25) is 5.02 Å². The molecule has 1 heterocycles. The number of nitrogens with zero attached hydrogens (tertiary/aromatic N) is 1. The summed E-state index contributed by atoms with van der Waals surface area (Å²) in [5, 5.41) is 3.20. The predicted molar refractivity (Wildman–Crippen MR) is 102 cm³/mol. The smallest absolute Gasteiger partial charge is 0.243 e. The molecule has 1 saturated heterocycles. The standard InChI is InChI=1S/C18H27ClN2O4S/c1-4-13(3)20-18(22)14-7-6-10-21(12-14)26(23,24)15-8-9-17(25-5-2)16(19)11-15/h8-9,11,13-14H,4-7,10,12H2,1-3H3,(H,20,22)/t13-,14+/m1/s1. The van der Waals surface area contributed by atoms with Crippen LogP contribution in [0.1, 0.15) is 40.0 Å². The summed E-state index contributed by atoms with van der Waals surface area (Å²) in [5.74, 6) is 0.0484. The molecule has 2 atom stereocenters. The van der Waals surface area contributed by atoms with E-state index < -0.39 is 10.0 Å². The van der Waals surface area contributed by atoms with Gasteiger partial charge in [-0.25, -0.2) is 8.42 Å². The van der Waals surface area contributed by atoms with Crippen LogP contribution in [0, 0.1) is 5.92 Å². The van der Waals surface area contributed by atoms with Crippen molar-refractivity contribution in [2.45, 2.75) is 51.0 Å². The second-order valence-corrected chi connectivity index (χ2v) is 8.89. The molecule has 1 aromatic rings. The number of rotatable bonds is 7. The highest BCUT2D eigenvalue weighted by molar-refractivity contribution is 7.89. The Labute approximate surface area is 160 Å². The van der Waals surface area contributed by atoms with E-state index in [9.17, 15) is 13.2 Å². The van der Waals surface area contributed by atoms with E-state index in [1.165, 1.54) is 16.4 Å². The fourth-order valence-electron chi connectivity index (χ4n) is 2.90. The number of halogens is 1. The molecule has 0 aromatic heterocycles. The van der Waals surface area contributed by atoms with Gasteiger partial charge >= 0.3 is 0 Å². The Kier molecular flexibility index (Phi) is 7.32. The molecule has 0 aliphatic carbocycles. The van der Waals surface area contributed by atoms with Crippen molar-refractivity contribution in [3.8, 4) is 5.75 Å². The maximum absolute atomic E-state index is 12.9. The zero-order valence-electron chi connectivity index (χ0n) is 15.5. The van der Waals surface area contributed by atoms with Gasteiger partial charge in [0.15, 0.2) is 0 Å². The lowest BCUT2D eigenvalue weighted by atomic mass is 9.98. The largest absolute Gasteiger partial charge is 0.492 e. The van der Waals surface area contributed by atoms with Gasteiger partial charge in [-0.3, -0.25) is 4.79 Å². The Morgan fingerprint density at radius 1 is 1.42 bits per heavy atom. The maximum Gasteiger partial charge on any atom is 0.243 e. The zero-order valence-corrected chi connectivity index (χ0v) is 17.1. The van der Waals surface area contributed by atoms with Crippen molar-refractivity contribution in [2.24, 2.45) is 5.92 Å². The molecule has 0 unspecified atom stereocenters. The first-order chi connectivity index (χ1) is 12.3. The highest BCUT2D eigenvalue weighted by atomic mass is 35.5. The van der Waals surface area contributed by atoms with Crippen LogP contribution in [0.15, 0.2) is 23.1 Å². The first kappa shape index (κ1) is 21.0. The first-order valence-electron chi connectivity index (χ1n) is 9.02. The minimum atomic E-state index is -3.70. The van der Waals surface area contributed by atoms with Crippen LogP contribution in [0.25, 0.3) is 0 Å². The third kappa shape index (κ3) is 4.90. The summed E-state index contributed by atoms with van der Waals surface area (Å²) in [6.45, 7) is 6.81. The molecule has 1 aromatic carbocycles. The van der Waals surface area contributed by atoms with Crippen molar-refractivity contribution >= 4 is 27.5 Å². The molecular formula is C18H27ClN2O4S. The molecule has 0 spiro atoms. The molecule has 0 radical (unpaired) electrons. The van der Waals surface area contributed by atoms with Gasteiger partial charge in [0.1, 0.15) is 5.75 Å². The Bertz CT molecular complexity index is 739. The summed E-state index contributed by atoms with van der Waals surface area (Å²) < 4.78 is 32.6. The molecule has 1 aliphatic rings. The van der Waals surface area contributed by atoms with E-state index in [1.54, 1.807) is 6.07 Å². The van der Waals surface area contributed by atoms with E-state index in [4.69, 9.17) is 16.3 Å². The third-order valence-electron chi connectivity index (χ3n) is 4.60. The molecule has 0 saturated carbocycles. The van der Waals surface area contributed by atoms with Crippen molar-refractivity contribution in [1.29, 1.82) is 0 Å². The number of amides is 1. The fraction of sp³-hybridized carbons (Fsp3) is 0.611. The van der Waals surface area contributed by atoms with E-state index in [0.717, 1.165) is 6.42 Å². The molecule has 8 heteroatoms. The Balaban J connectivity index is 2.15. The summed E-state index contributed by atoms with van der Waals surface area (Å²) >= 11 is 6.13. The van der Waals surface area contributed by atoms with Gasteiger partial charge in [0.05, 0.1) is 22.4 Å². The van der Waals surface area contributed by atoms with Crippen molar-refractivity contribution in [3.63, 3.8) is 0 Å². The predicted octanol–water partition coefficient (Wildman–Crippen LogP) is 3.05. The molecule has 1 aliphatic heterocycles. The van der Waals surface area contributed by atoms with Gasteiger partial charge in [-0.2, -0.15) is 4.31 Å². The average Bonchev–Trinajstić information content (AvgIpc) is 2.63. The van der Waals surface area contributed by atoms with Crippen molar-refractivity contribution < 1.29 is 17.9 Å². The summed E-state index contributed by atoms with van der Waals surface area (Å²) in [6.07, 6.45) is 2.19. The van der Waals surface area contributed by atoms with Crippen LogP contribution in [-0.4, -0.2) is 44.4 Å². The highest BCUT2D eigenvalue weighted by Crippen LogP contribution is 2.30. The number of carbonyl (C=O) groups excluding carboxylic acids is 1. The van der Waals surface area contributed by atoms with Crippen molar-refractivity contribution in [1.82, 2.24) is 9.62 Å². The van der Waals surface area contributed by atoms with E-state index >= 15 is 0 Å². The number of ether oxygens (including phenoxy) is 1. The lowest BCUT2D eigenvalue weighted by Gasteiger charge is -2.31. The number of hydrogen-bond donors (Lipinski definition) is 1. The molecule has 6 nitrogen and oxygen atoms in total. The SMILES string of the molecule is CCOc1ccc(S(=O)(=O)N2CCC[C@H](C(=O)N[C@H](C)CC)C2)cc1Cl. The molecular weight excluding hydrogens is 376 g/mol. The first-order valence-corrected chi connectivity index (χ1v) is 10.8. The number of nitrogens with one attached hydrogen (secondary N) is 1.